The highest BCUT2D eigenvalue weighted by atomic mass is 79.9. The highest BCUT2D eigenvalue weighted by Crippen LogP contribution is 2.19. The molecule has 0 radical (unpaired) electrons. The summed E-state index contributed by atoms with van der Waals surface area (Å²) in [6.45, 7) is 2.72. The summed E-state index contributed by atoms with van der Waals surface area (Å²) in [5.41, 5.74) is 9.59. The van der Waals surface area contributed by atoms with Crippen molar-refractivity contribution >= 4 is 27.5 Å². The monoisotopic (exact) mass is 333 g/mol. The van der Waals surface area contributed by atoms with E-state index in [1.807, 2.05) is 30.3 Å². The number of amidine groups is 1. The third kappa shape index (κ3) is 3.74. The van der Waals surface area contributed by atoms with Crippen LogP contribution in [0, 0.1) is 6.92 Å². The summed E-state index contributed by atoms with van der Waals surface area (Å²) in [6.07, 6.45) is 0. The van der Waals surface area contributed by atoms with E-state index in [1.165, 1.54) is 5.56 Å². The van der Waals surface area contributed by atoms with Gasteiger partial charge in [0.25, 0.3) is 0 Å². The standard InChI is InChI=1S/C15H16BrN3O/c1-10-5-13(16)8-14(6-10)18-9-11-3-2-4-12(7-11)15(17)19-20/h2-8,18,20H,9H2,1H3,(H2,17,19). The van der Waals surface area contributed by atoms with Crippen molar-refractivity contribution in [2.45, 2.75) is 13.5 Å². The molecule has 2 rings (SSSR count). The van der Waals surface area contributed by atoms with Crippen molar-refractivity contribution in [1.29, 1.82) is 0 Å². The first-order valence-electron chi connectivity index (χ1n) is 6.16. The number of benzene rings is 2. The van der Waals surface area contributed by atoms with E-state index in [0.29, 0.717) is 12.1 Å². The maximum absolute atomic E-state index is 8.69. The number of hydrogen-bond acceptors (Lipinski definition) is 3. The van der Waals surface area contributed by atoms with Gasteiger partial charge in [-0.15, -0.1) is 0 Å². The van der Waals surface area contributed by atoms with Gasteiger partial charge in [0.1, 0.15) is 0 Å². The first-order valence-corrected chi connectivity index (χ1v) is 6.95. The second kappa shape index (κ2) is 6.43. The van der Waals surface area contributed by atoms with E-state index in [1.54, 1.807) is 0 Å². The zero-order chi connectivity index (χ0) is 14.5. The van der Waals surface area contributed by atoms with E-state index >= 15 is 0 Å². The fraction of sp³-hybridized carbons (Fsp3) is 0.133. The number of nitrogens with zero attached hydrogens (tertiary/aromatic N) is 1. The molecule has 0 spiro atoms. The molecular formula is C15H16BrN3O. The predicted molar refractivity (Wildman–Crippen MR) is 85.2 cm³/mol. The Kier molecular flexibility index (Phi) is 4.63. The van der Waals surface area contributed by atoms with Gasteiger partial charge in [-0.2, -0.15) is 0 Å². The predicted octanol–water partition coefficient (Wildman–Crippen LogP) is 3.46. The molecule has 0 unspecified atom stereocenters. The Morgan fingerprint density at radius 2 is 2.10 bits per heavy atom. The van der Waals surface area contributed by atoms with Crippen LogP contribution in [-0.2, 0) is 6.54 Å². The maximum Gasteiger partial charge on any atom is 0.170 e. The van der Waals surface area contributed by atoms with Gasteiger partial charge in [-0.25, -0.2) is 0 Å². The molecule has 104 valence electrons. The van der Waals surface area contributed by atoms with Crippen molar-refractivity contribution in [3.8, 4) is 0 Å². The van der Waals surface area contributed by atoms with Crippen molar-refractivity contribution in [1.82, 2.24) is 0 Å². The first-order chi connectivity index (χ1) is 9.58. The Bertz CT molecular complexity index is 621. The SMILES string of the molecule is Cc1cc(Br)cc(NCc2cccc(/C(N)=N/O)c2)c1. The van der Waals surface area contributed by atoms with Crippen LogP contribution in [0.3, 0.4) is 0 Å². The minimum absolute atomic E-state index is 0.116. The van der Waals surface area contributed by atoms with Crippen LogP contribution in [0.15, 0.2) is 52.1 Å². The average molecular weight is 334 g/mol. The molecule has 0 saturated heterocycles. The van der Waals surface area contributed by atoms with Crippen LogP contribution in [0.1, 0.15) is 16.7 Å². The van der Waals surface area contributed by atoms with E-state index in [0.717, 1.165) is 15.7 Å². The Labute approximate surface area is 126 Å². The van der Waals surface area contributed by atoms with Gasteiger partial charge in [-0.05, 0) is 42.3 Å². The minimum Gasteiger partial charge on any atom is -0.409 e. The Balaban J connectivity index is 2.11. The first kappa shape index (κ1) is 14.4. The van der Waals surface area contributed by atoms with Crippen LogP contribution in [0.2, 0.25) is 0 Å². The van der Waals surface area contributed by atoms with E-state index in [-0.39, 0.29) is 5.84 Å². The Morgan fingerprint density at radius 3 is 2.80 bits per heavy atom. The summed E-state index contributed by atoms with van der Waals surface area (Å²) in [5, 5.41) is 15.1. The summed E-state index contributed by atoms with van der Waals surface area (Å²) in [6, 6.07) is 13.8. The van der Waals surface area contributed by atoms with Crippen molar-refractivity contribution in [3.05, 3.63) is 63.6 Å². The molecule has 2 aromatic carbocycles. The minimum atomic E-state index is 0.116. The van der Waals surface area contributed by atoms with E-state index in [9.17, 15) is 0 Å². The number of rotatable bonds is 4. The Morgan fingerprint density at radius 1 is 1.30 bits per heavy atom. The molecule has 0 amide bonds. The molecule has 20 heavy (non-hydrogen) atoms. The van der Waals surface area contributed by atoms with Crippen LogP contribution in [0.4, 0.5) is 5.69 Å². The second-order valence-electron chi connectivity index (χ2n) is 4.56. The van der Waals surface area contributed by atoms with E-state index in [4.69, 9.17) is 10.9 Å². The molecule has 5 heteroatoms. The number of nitrogens with two attached hydrogens (primary N) is 1. The molecule has 0 saturated carbocycles. The lowest BCUT2D eigenvalue weighted by Crippen LogP contribution is -2.13. The quantitative estimate of drug-likeness (QED) is 0.347. The average Bonchev–Trinajstić information content (AvgIpc) is 2.43. The molecule has 0 heterocycles. The Hall–Kier alpha value is -2.01. The summed E-state index contributed by atoms with van der Waals surface area (Å²) < 4.78 is 1.05. The van der Waals surface area contributed by atoms with Gasteiger partial charge >= 0.3 is 0 Å². The molecule has 4 N–H and O–H groups in total. The largest absolute Gasteiger partial charge is 0.409 e. The van der Waals surface area contributed by atoms with Gasteiger partial charge in [-0.3, -0.25) is 0 Å². The van der Waals surface area contributed by atoms with Gasteiger partial charge in [0.2, 0.25) is 0 Å². The number of nitrogens with one attached hydrogen (secondary N) is 1. The molecule has 4 nitrogen and oxygen atoms in total. The summed E-state index contributed by atoms with van der Waals surface area (Å²) in [7, 11) is 0. The highest BCUT2D eigenvalue weighted by Gasteiger charge is 2.01. The molecule has 0 aliphatic carbocycles. The summed E-state index contributed by atoms with van der Waals surface area (Å²) in [5.74, 6) is 0.116. The lowest BCUT2D eigenvalue weighted by Gasteiger charge is -2.09. The lowest BCUT2D eigenvalue weighted by molar-refractivity contribution is 0.318. The van der Waals surface area contributed by atoms with Crippen LogP contribution < -0.4 is 11.1 Å². The molecule has 0 bridgehead atoms. The summed E-state index contributed by atoms with van der Waals surface area (Å²) in [4.78, 5) is 0. The van der Waals surface area contributed by atoms with Gasteiger partial charge in [-0.1, -0.05) is 39.3 Å². The highest BCUT2D eigenvalue weighted by molar-refractivity contribution is 9.10. The molecule has 0 fully saturated rings. The third-order valence-corrected chi connectivity index (χ3v) is 3.33. The molecule has 0 aliphatic rings. The van der Waals surface area contributed by atoms with Crippen LogP contribution in [0.5, 0.6) is 0 Å². The number of hydrogen-bond donors (Lipinski definition) is 3. The van der Waals surface area contributed by atoms with Crippen molar-refractivity contribution in [2.75, 3.05) is 5.32 Å². The van der Waals surface area contributed by atoms with Gasteiger partial charge in [0.15, 0.2) is 5.84 Å². The van der Waals surface area contributed by atoms with Gasteiger partial charge in [0.05, 0.1) is 0 Å². The normalized spacial score (nSPS) is 11.4. The van der Waals surface area contributed by atoms with Gasteiger partial charge in [0, 0.05) is 22.3 Å². The summed E-state index contributed by atoms with van der Waals surface area (Å²) >= 11 is 3.48. The molecule has 0 aromatic heterocycles. The van der Waals surface area contributed by atoms with Crippen LogP contribution >= 0.6 is 15.9 Å². The molecular weight excluding hydrogens is 318 g/mol. The smallest absolute Gasteiger partial charge is 0.170 e. The maximum atomic E-state index is 8.69. The molecule has 0 aliphatic heterocycles. The fourth-order valence-electron chi connectivity index (χ4n) is 1.94. The van der Waals surface area contributed by atoms with Gasteiger partial charge < -0.3 is 16.3 Å². The van der Waals surface area contributed by atoms with Crippen molar-refractivity contribution in [2.24, 2.45) is 10.9 Å². The van der Waals surface area contributed by atoms with Crippen molar-refractivity contribution in [3.63, 3.8) is 0 Å². The number of halogens is 1. The van der Waals surface area contributed by atoms with Crippen LogP contribution in [0.25, 0.3) is 0 Å². The topological polar surface area (TPSA) is 70.6 Å². The third-order valence-electron chi connectivity index (χ3n) is 2.87. The lowest BCUT2D eigenvalue weighted by atomic mass is 10.1. The van der Waals surface area contributed by atoms with E-state index in [2.05, 4.69) is 45.5 Å². The number of aryl methyl sites for hydroxylation is 1. The van der Waals surface area contributed by atoms with E-state index < -0.39 is 0 Å². The number of anilines is 1. The zero-order valence-corrected chi connectivity index (χ0v) is 12.7. The molecule has 0 atom stereocenters. The molecule has 2 aromatic rings. The zero-order valence-electron chi connectivity index (χ0n) is 11.1. The number of oxime groups is 1. The van der Waals surface area contributed by atoms with Crippen molar-refractivity contribution < 1.29 is 5.21 Å². The fourth-order valence-corrected chi connectivity index (χ4v) is 2.55. The second-order valence-corrected chi connectivity index (χ2v) is 5.47. The van der Waals surface area contributed by atoms with Crippen LogP contribution in [-0.4, -0.2) is 11.0 Å².